The average molecular weight is 285 g/mol. The first-order valence-corrected chi connectivity index (χ1v) is 6.46. The van der Waals surface area contributed by atoms with Crippen LogP contribution in [0.4, 0.5) is 8.78 Å². The van der Waals surface area contributed by atoms with Crippen LogP contribution in [0.25, 0.3) is 11.3 Å². The van der Waals surface area contributed by atoms with Crippen molar-refractivity contribution in [2.75, 3.05) is 20.3 Å². The van der Waals surface area contributed by atoms with Crippen molar-refractivity contribution in [1.82, 2.24) is 14.9 Å². The topological polar surface area (TPSA) is 47.0 Å². The highest BCUT2D eigenvalue weighted by Crippen LogP contribution is 2.26. The Bertz CT molecular complexity index is 548. The van der Waals surface area contributed by atoms with E-state index >= 15 is 0 Å². The molecule has 0 amide bonds. The normalized spacial score (nSPS) is 10.9. The summed E-state index contributed by atoms with van der Waals surface area (Å²) in [6, 6.07) is 3.43. The van der Waals surface area contributed by atoms with Crippen molar-refractivity contribution in [3.05, 3.63) is 34.7 Å². The first kappa shape index (κ1) is 14.0. The highest BCUT2D eigenvalue weighted by atomic mass is 32.1. The number of rotatable bonds is 6. The van der Waals surface area contributed by atoms with Crippen LogP contribution >= 0.6 is 11.5 Å². The molecule has 2 rings (SSSR count). The number of benzene rings is 1. The molecule has 0 unspecified atom stereocenters. The van der Waals surface area contributed by atoms with Crippen LogP contribution in [0.2, 0.25) is 0 Å². The zero-order valence-corrected chi connectivity index (χ0v) is 11.1. The van der Waals surface area contributed by atoms with Gasteiger partial charge in [-0.1, -0.05) is 4.49 Å². The fourth-order valence-electron chi connectivity index (χ4n) is 1.59. The highest BCUT2D eigenvalue weighted by Gasteiger charge is 2.14. The van der Waals surface area contributed by atoms with Gasteiger partial charge in [0.1, 0.15) is 17.3 Å². The van der Waals surface area contributed by atoms with Crippen LogP contribution in [0.5, 0.6) is 0 Å². The summed E-state index contributed by atoms with van der Waals surface area (Å²) < 4.78 is 35.3. The molecular weight excluding hydrogens is 272 g/mol. The fraction of sp³-hybridized carbons (Fsp3) is 0.333. The zero-order valence-electron chi connectivity index (χ0n) is 10.3. The number of hydrogen-bond donors (Lipinski definition) is 1. The minimum Gasteiger partial charge on any atom is -0.383 e. The summed E-state index contributed by atoms with van der Waals surface area (Å²) in [7, 11) is 1.62. The Morgan fingerprint density at radius 2 is 2.21 bits per heavy atom. The van der Waals surface area contributed by atoms with Crippen molar-refractivity contribution < 1.29 is 13.5 Å². The van der Waals surface area contributed by atoms with Gasteiger partial charge in [-0.2, -0.15) is 0 Å². The van der Waals surface area contributed by atoms with Crippen LogP contribution < -0.4 is 5.32 Å². The summed E-state index contributed by atoms with van der Waals surface area (Å²) >= 11 is 1.19. The van der Waals surface area contributed by atoms with E-state index in [9.17, 15) is 8.78 Å². The Labute approximate surface area is 113 Å². The number of aromatic nitrogens is 2. The van der Waals surface area contributed by atoms with Crippen LogP contribution in [-0.2, 0) is 11.3 Å². The molecule has 1 N–H and O–H groups in total. The molecule has 0 aliphatic heterocycles. The number of methoxy groups -OCH3 is 1. The molecule has 0 saturated heterocycles. The minimum atomic E-state index is -0.633. The van der Waals surface area contributed by atoms with E-state index in [1.165, 1.54) is 23.7 Å². The summed E-state index contributed by atoms with van der Waals surface area (Å²) in [5.74, 6) is -1.24. The van der Waals surface area contributed by atoms with E-state index in [1.807, 2.05) is 0 Å². The minimum absolute atomic E-state index is 0.263. The molecule has 0 bridgehead atoms. The largest absolute Gasteiger partial charge is 0.383 e. The lowest BCUT2D eigenvalue weighted by molar-refractivity contribution is 0.199. The van der Waals surface area contributed by atoms with Gasteiger partial charge >= 0.3 is 0 Å². The maximum atomic E-state index is 13.7. The van der Waals surface area contributed by atoms with Crippen molar-refractivity contribution in [3.8, 4) is 11.3 Å². The third-order valence-corrected chi connectivity index (χ3v) is 3.23. The lowest BCUT2D eigenvalue weighted by atomic mass is 10.1. The molecule has 0 aliphatic carbocycles. The quantitative estimate of drug-likeness (QED) is 0.827. The van der Waals surface area contributed by atoms with Gasteiger partial charge in [0.25, 0.3) is 0 Å². The highest BCUT2D eigenvalue weighted by molar-refractivity contribution is 7.05. The molecule has 0 spiro atoms. The molecule has 0 radical (unpaired) electrons. The van der Waals surface area contributed by atoms with Gasteiger partial charge in [-0.3, -0.25) is 0 Å². The van der Waals surface area contributed by atoms with E-state index in [-0.39, 0.29) is 5.56 Å². The first-order chi connectivity index (χ1) is 9.22. The maximum Gasteiger partial charge on any atom is 0.135 e. The van der Waals surface area contributed by atoms with Crippen molar-refractivity contribution in [3.63, 3.8) is 0 Å². The standard InChI is InChI=1S/C12H13F2N3OS/c1-18-5-4-15-7-11-12(16-17-19-11)9-3-2-8(13)6-10(9)14/h2-3,6,15H,4-5,7H2,1H3. The van der Waals surface area contributed by atoms with E-state index < -0.39 is 11.6 Å². The van der Waals surface area contributed by atoms with Crippen molar-refractivity contribution in [2.24, 2.45) is 0 Å². The van der Waals surface area contributed by atoms with Crippen molar-refractivity contribution in [1.29, 1.82) is 0 Å². The molecule has 1 aromatic heterocycles. The van der Waals surface area contributed by atoms with Crippen LogP contribution in [-0.4, -0.2) is 29.8 Å². The van der Waals surface area contributed by atoms with E-state index in [2.05, 4.69) is 14.9 Å². The summed E-state index contributed by atoms with van der Waals surface area (Å²) in [4.78, 5) is 0.807. The monoisotopic (exact) mass is 285 g/mol. The molecule has 19 heavy (non-hydrogen) atoms. The van der Waals surface area contributed by atoms with Crippen LogP contribution in [0, 0.1) is 11.6 Å². The lowest BCUT2D eigenvalue weighted by Crippen LogP contribution is -2.18. The molecule has 4 nitrogen and oxygen atoms in total. The van der Waals surface area contributed by atoms with Crippen molar-refractivity contribution >= 4 is 11.5 Å². The molecule has 1 aromatic carbocycles. The van der Waals surface area contributed by atoms with E-state index in [0.717, 1.165) is 10.9 Å². The molecule has 7 heteroatoms. The smallest absolute Gasteiger partial charge is 0.135 e. The predicted octanol–water partition coefficient (Wildman–Crippen LogP) is 2.22. The number of nitrogens with one attached hydrogen (secondary N) is 1. The summed E-state index contributed by atoms with van der Waals surface area (Å²) in [5, 5.41) is 7.05. The van der Waals surface area contributed by atoms with Gasteiger partial charge in [0.05, 0.1) is 11.5 Å². The van der Waals surface area contributed by atoms with Gasteiger partial charge in [-0.05, 0) is 23.7 Å². The zero-order chi connectivity index (χ0) is 13.7. The van der Waals surface area contributed by atoms with Crippen LogP contribution in [0.15, 0.2) is 18.2 Å². The Morgan fingerprint density at radius 3 is 2.95 bits per heavy atom. The molecule has 2 aromatic rings. The molecule has 0 aliphatic rings. The SMILES string of the molecule is COCCNCc1snnc1-c1ccc(F)cc1F. The third kappa shape index (κ3) is 3.52. The fourth-order valence-corrected chi connectivity index (χ4v) is 2.21. The molecule has 102 valence electrons. The van der Waals surface area contributed by atoms with Gasteiger partial charge in [-0.25, -0.2) is 8.78 Å². The Kier molecular flexibility index (Phi) is 4.89. The van der Waals surface area contributed by atoms with Gasteiger partial charge in [-0.15, -0.1) is 5.10 Å². The summed E-state index contributed by atoms with van der Waals surface area (Å²) in [6.07, 6.45) is 0. The number of nitrogens with zero attached hydrogens (tertiary/aromatic N) is 2. The van der Waals surface area contributed by atoms with E-state index in [1.54, 1.807) is 7.11 Å². The Balaban J connectivity index is 2.14. The first-order valence-electron chi connectivity index (χ1n) is 5.68. The molecule has 0 atom stereocenters. The number of hydrogen-bond acceptors (Lipinski definition) is 5. The molecule has 1 heterocycles. The summed E-state index contributed by atoms with van der Waals surface area (Å²) in [6.45, 7) is 1.79. The molecule has 0 fully saturated rings. The second kappa shape index (κ2) is 6.65. The lowest BCUT2D eigenvalue weighted by Gasteiger charge is -2.04. The molecule has 0 saturated carbocycles. The maximum absolute atomic E-state index is 13.7. The van der Waals surface area contributed by atoms with Gasteiger partial charge < -0.3 is 10.1 Å². The van der Waals surface area contributed by atoms with Crippen LogP contribution in [0.3, 0.4) is 0 Å². The van der Waals surface area contributed by atoms with Gasteiger partial charge in [0.2, 0.25) is 0 Å². The number of ether oxygens (including phenoxy) is 1. The van der Waals surface area contributed by atoms with Crippen LogP contribution in [0.1, 0.15) is 4.88 Å². The van der Waals surface area contributed by atoms with Gasteiger partial charge in [0, 0.05) is 31.8 Å². The van der Waals surface area contributed by atoms with Crippen molar-refractivity contribution in [2.45, 2.75) is 6.54 Å². The third-order valence-electron chi connectivity index (χ3n) is 2.51. The summed E-state index contributed by atoms with van der Waals surface area (Å²) in [5.41, 5.74) is 0.714. The Morgan fingerprint density at radius 1 is 1.37 bits per heavy atom. The van der Waals surface area contributed by atoms with Gasteiger partial charge in [0.15, 0.2) is 0 Å². The Hall–Kier alpha value is -1.44. The van der Waals surface area contributed by atoms with E-state index in [4.69, 9.17) is 4.74 Å². The average Bonchev–Trinajstić information content (AvgIpc) is 2.83. The molecular formula is C12H13F2N3OS. The number of halogens is 2. The second-order valence-electron chi connectivity index (χ2n) is 3.84. The second-order valence-corrected chi connectivity index (χ2v) is 4.68. The van der Waals surface area contributed by atoms with E-state index in [0.29, 0.717) is 25.4 Å². The predicted molar refractivity (Wildman–Crippen MR) is 68.8 cm³/mol.